The van der Waals surface area contributed by atoms with E-state index >= 15 is 0 Å². The highest BCUT2D eigenvalue weighted by Gasteiger charge is 2.22. The summed E-state index contributed by atoms with van der Waals surface area (Å²) in [6, 6.07) is 2.73. The van der Waals surface area contributed by atoms with Crippen molar-refractivity contribution in [1.29, 1.82) is 0 Å². The standard InChI is InChI=1S/C11H20N6/c1-7-5-8(3-4-17(7)2)14-10-6-9(12)15-11(13)16-10/h6-8H,3-5H2,1-2H3,(H5,12,13,14,15,16). The topological polar surface area (TPSA) is 93.1 Å². The molecule has 6 heteroatoms. The number of nitrogen functional groups attached to an aromatic ring is 2. The largest absolute Gasteiger partial charge is 0.383 e. The summed E-state index contributed by atoms with van der Waals surface area (Å²) in [5.74, 6) is 1.34. The fourth-order valence-electron chi connectivity index (χ4n) is 2.19. The predicted octanol–water partition coefficient (Wildman–Crippen LogP) is 0.536. The normalized spacial score (nSPS) is 25.8. The molecule has 0 radical (unpaired) electrons. The first-order chi connectivity index (χ1) is 8.04. The van der Waals surface area contributed by atoms with Crippen molar-refractivity contribution in [2.24, 2.45) is 0 Å². The maximum Gasteiger partial charge on any atom is 0.223 e. The number of nitrogens with zero attached hydrogens (tertiary/aromatic N) is 3. The Hall–Kier alpha value is -1.56. The Labute approximate surface area is 101 Å². The van der Waals surface area contributed by atoms with Crippen LogP contribution in [-0.2, 0) is 0 Å². The summed E-state index contributed by atoms with van der Waals surface area (Å²) in [5.41, 5.74) is 11.2. The molecule has 0 amide bonds. The Morgan fingerprint density at radius 2 is 2.18 bits per heavy atom. The van der Waals surface area contributed by atoms with Crippen molar-refractivity contribution >= 4 is 17.6 Å². The molecule has 1 aromatic rings. The van der Waals surface area contributed by atoms with E-state index in [0.29, 0.717) is 17.9 Å². The van der Waals surface area contributed by atoms with Gasteiger partial charge in [0.25, 0.3) is 0 Å². The van der Waals surface area contributed by atoms with Gasteiger partial charge in [-0.05, 0) is 26.8 Å². The van der Waals surface area contributed by atoms with E-state index in [-0.39, 0.29) is 5.95 Å². The van der Waals surface area contributed by atoms with Crippen LogP contribution in [0, 0.1) is 0 Å². The van der Waals surface area contributed by atoms with Gasteiger partial charge in [-0.1, -0.05) is 0 Å². The third-order valence-electron chi connectivity index (χ3n) is 3.32. The van der Waals surface area contributed by atoms with Crippen molar-refractivity contribution in [3.63, 3.8) is 0 Å². The fourth-order valence-corrected chi connectivity index (χ4v) is 2.19. The van der Waals surface area contributed by atoms with Crippen molar-refractivity contribution in [3.05, 3.63) is 6.07 Å². The summed E-state index contributed by atoms with van der Waals surface area (Å²) < 4.78 is 0. The second-order valence-corrected chi connectivity index (χ2v) is 4.73. The number of aromatic nitrogens is 2. The highest BCUT2D eigenvalue weighted by atomic mass is 15.2. The molecule has 2 rings (SSSR count). The van der Waals surface area contributed by atoms with Gasteiger partial charge in [0.1, 0.15) is 11.6 Å². The number of nitrogens with one attached hydrogen (secondary N) is 1. The van der Waals surface area contributed by atoms with Crippen molar-refractivity contribution in [2.45, 2.75) is 31.8 Å². The lowest BCUT2D eigenvalue weighted by Crippen LogP contribution is -2.42. The Kier molecular flexibility index (Phi) is 3.33. The smallest absolute Gasteiger partial charge is 0.223 e. The van der Waals surface area contributed by atoms with E-state index in [1.165, 1.54) is 0 Å². The van der Waals surface area contributed by atoms with Gasteiger partial charge < -0.3 is 21.7 Å². The number of anilines is 3. The summed E-state index contributed by atoms with van der Waals surface area (Å²) in [6.07, 6.45) is 2.20. The minimum absolute atomic E-state index is 0.216. The van der Waals surface area contributed by atoms with Crippen LogP contribution in [0.5, 0.6) is 0 Å². The molecule has 0 aromatic carbocycles. The minimum atomic E-state index is 0.216. The summed E-state index contributed by atoms with van der Waals surface area (Å²) in [6.45, 7) is 3.32. The molecule has 1 saturated heterocycles. The van der Waals surface area contributed by atoms with Gasteiger partial charge in [0.15, 0.2) is 0 Å². The number of piperidine rings is 1. The number of hydrogen-bond donors (Lipinski definition) is 3. The molecule has 1 aromatic heterocycles. The first kappa shape index (κ1) is 11.9. The summed E-state index contributed by atoms with van der Waals surface area (Å²) >= 11 is 0. The van der Waals surface area contributed by atoms with Crippen LogP contribution >= 0.6 is 0 Å². The predicted molar refractivity (Wildman–Crippen MR) is 69.6 cm³/mol. The van der Waals surface area contributed by atoms with E-state index in [9.17, 15) is 0 Å². The van der Waals surface area contributed by atoms with Gasteiger partial charge in [0.05, 0.1) is 0 Å². The molecule has 0 saturated carbocycles. The van der Waals surface area contributed by atoms with Gasteiger partial charge in [-0.3, -0.25) is 0 Å². The van der Waals surface area contributed by atoms with Crippen LogP contribution in [-0.4, -0.2) is 40.5 Å². The SMILES string of the molecule is CC1CC(Nc2cc(N)nc(N)n2)CCN1C. The van der Waals surface area contributed by atoms with Crippen LogP contribution in [0.25, 0.3) is 0 Å². The number of rotatable bonds is 2. The Bertz CT molecular complexity index is 373. The Morgan fingerprint density at radius 1 is 1.41 bits per heavy atom. The molecule has 2 heterocycles. The Balaban J connectivity index is 2.01. The van der Waals surface area contributed by atoms with E-state index in [0.717, 1.165) is 25.2 Å². The van der Waals surface area contributed by atoms with Gasteiger partial charge in [-0.2, -0.15) is 9.97 Å². The Morgan fingerprint density at radius 3 is 2.82 bits per heavy atom. The summed E-state index contributed by atoms with van der Waals surface area (Å²) in [7, 11) is 2.15. The zero-order valence-electron chi connectivity index (χ0n) is 10.3. The number of likely N-dealkylation sites (tertiary alicyclic amines) is 1. The average molecular weight is 236 g/mol. The van der Waals surface area contributed by atoms with Crippen molar-refractivity contribution in [2.75, 3.05) is 30.4 Å². The average Bonchev–Trinajstić information content (AvgIpc) is 2.22. The third-order valence-corrected chi connectivity index (χ3v) is 3.32. The molecule has 1 aliphatic rings. The number of nitrogens with two attached hydrogens (primary N) is 2. The molecule has 1 aliphatic heterocycles. The molecule has 2 unspecified atom stereocenters. The summed E-state index contributed by atoms with van der Waals surface area (Å²) in [4.78, 5) is 10.3. The van der Waals surface area contributed by atoms with E-state index in [1.807, 2.05) is 0 Å². The molecule has 1 fully saturated rings. The monoisotopic (exact) mass is 236 g/mol. The highest BCUT2D eigenvalue weighted by Crippen LogP contribution is 2.19. The fraction of sp³-hybridized carbons (Fsp3) is 0.636. The zero-order valence-corrected chi connectivity index (χ0v) is 10.3. The van der Waals surface area contributed by atoms with Crippen molar-refractivity contribution < 1.29 is 0 Å². The van der Waals surface area contributed by atoms with Crippen molar-refractivity contribution in [1.82, 2.24) is 14.9 Å². The third kappa shape index (κ3) is 2.97. The second kappa shape index (κ2) is 4.75. The second-order valence-electron chi connectivity index (χ2n) is 4.73. The van der Waals surface area contributed by atoms with Gasteiger partial charge in [-0.25, -0.2) is 0 Å². The maximum atomic E-state index is 5.63. The van der Waals surface area contributed by atoms with Crippen LogP contribution in [0.3, 0.4) is 0 Å². The molecule has 0 spiro atoms. The molecule has 0 bridgehead atoms. The van der Waals surface area contributed by atoms with E-state index < -0.39 is 0 Å². The van der Waals surface area contributed by atoms with E-state index in [4.69, 9.17) is 11.5 Å². The molecule has 6 nitrogen and oxygen atoms in total. The van der Waals surface area contributed by atoms with E-state index in [2.05, 4.69) is 34.2 Å². The van der Waals surface area contributed by atoms with Crippen LogP contribution in [0.4, 0.5) is 17.6 Å². The van der Waals surface area contributed by atoms with Gasteiger partial charge in [0.2, 0.25) is 5.95 Å². The lowest BCUT2D eigenvalue weighted by atomic mass is 9.99. The number of hydrogen-bond acceptors (Lipinski definition) is 6. The van der Waals surface area contributed by atoms with Crippen LogP contribution in [0.15, 0.2) is 6.07 Å². The molecule has 17 heavy (non-hydrogen) atoms. The molecule has 2 atom stereocenters. The van der Waals surface area contributed by atoms with Crippen LogP contribution in [0.2, 0.25) is 0 Å². The quantitative estimate of drug-likeness (QED) is 0.694. The van der Waals surface area contributed by atoms with Gasteiger partial charge in [0, 0.05) is 24.7 Å². The summed E-state index contributed by atoms with van der Waals surface area (Å²) in [5, 5.41) is 3.38. The molecule has 94 valence electrons. The molecule has 5 N–H and O–H groups in total. The zero-order chi connectivity index (χ0) is 12.4. The van der Waals surface area contributed by atoms with E-state index in [1.54, 1.807) is 6.07 Å². The molecule has 0 aliphatic carbocycles. The molecular formula is C11H20N6. The lowest BCUT2D eigenvalue weighted by molar-refractivity contribution is 0.190. The van der Waals surface area contributed by atoms with Gasteiger partial charge >= 0.3 is 0 Å². The highest BCUT2D eigenvalue weighted by molar-refractivity contribution is 5.48. The van der Waals surface area contributed by atoms with Crippen LogP contribution in [0.1, 0.15) is 19.8 Å². The van der Waals surface area contributed by atoms with Crippen molar-refractivity contribution in [3.8, 4) is 0 Å². The lowest BCUT2D eigenvalue weighted by Gasteiger charge is -2.35. The first-order valence-corrected chi connectivity index (χ1v) is 5.91. The maximum absolute atomic E-state index is 5.63. The van der Waals surface area contributed by atoms with Crippen LogP contribution < -0.4 is 16.8 Å². The minimum Gasteiger partial charge on any atom is -0.383 e. The first-order valence-electron chi connectivity index (χ1n) is 5.91. The van der Waals surface area contributed by atoms with Gasteiger partial charge in [-0.15, -0.1) is 0 Å². The molecular weight excluding hydrogens is 216 g/mol.